The molecule has 2 rings (SSSR count). The van der Waals surface area contributed by atoms with E-state index in [1.807, 2.05) is 14.0 Å². The summed E-state index contributed by atoms with van der Waals surface area (Å²) < 4.78 is 0. The number of carboxylic acid groups (broad SMARTS) is 1. The van der Waals surface area contributed by atoms with Crippen LogP contribution in [0.5, 0.6) is 0 Å². The predicted molar refractivity (Wildman–Crippen MR) is 73.9 cm³/mol. The second-order valence-electron chi connectivity index (χ2n) is 4.97. The Kier molecular flexibility index (Phi) is 4.19. The minimum atomic E-state index is -1.09. The van der Waals surface area contributed by atoms with Gasteiger partial charge < -0.3 is 20.2 Å². The maximum absolute atomic E-state index is 12.2. The second-order valence-corrected chi connectivity index (χ2v) is 4.97. The topological polar surface area (TPSA) is 85.8 Å². The number of nitrogens with one attached hydrogen (secondary N) is 1. The van der Waals surface area contributed by atoms with E-state index in [4.69, 9.17) is 5.11 Å². The number of rotatable bonds is 2. The number of likely N-dealkylation sites (N-methyl/N-ethyl adjacent to an activating group) is 1. The highest BCUT2D eigenvalue weighted by atomic mass is 16.4. The van der Waals surface area contributed by atoms with Crippen LogP contribution in [-0.4, -0.2) is 64.6 Å². The summed E-state index contributed by atoms with van der Waals surface area (Å²) in [5.74, 6) is -1.09. The highest BCUT2D eigenvalue weighted by molar-refractivity contribution is 5.90. The average Bonchev–Trinajstić information content (AvgIpc) is 2.39. The lowest BCUT2D eigenvalue weighted by Gasteiger charge is -2.38. The molecule has 2 heterocycles. The zero-order valence-electron chi connectivity index (χ0n) is 11.5. The number of anilines is 1. The summed E-state index contributed by atoms with van der Waals surface area (Å²) in [4.78, 5) is 30.6. The van der Waals surface area contributed by atoms with Crippen molar-refractivity contribution in [1.82, 2.24) is 14.8 Å². The van der Waals surface area contributed by atoms with Crippen LogP contribution in [0.15, 0.2) is 18.3 Å². The molecule has 1 aliphatic rings. The van der Waals surface area contributed by atoms with E-state index in [0.29, 0.717) is 12.2 Å². The Balaban J connectivity index is 1.99. The van der Waals surface area contributed by atoms with Crippen molar-refractivity contribution in [2.75, 3.05) is 32.0 Å². The summed E-state index contributed by atoms with van der Waals surface area (Å²) in [5.41, 5.74) is 0.446. The summed E-state index contributed by atoms with van der Waals surface area (Å²) in [6, 6.07) is 2.86. The van der Waals surface area contributed by atoms with E-state index in [0.717, 1.165) is 13.1 Å². The van der Waals surface area contributed by atoms with E-state index in [-0.39, 0.29) is 17.8 Å². The molecule has 20 heavy (non-hydrogen) atoms. The van der Waals surface area contributed by atoms with Gasteiger partial charge in [-0.2, -0.15) is 0 Å². The molecule has 0 saturated carbocycles. The van der Waals surface area contributed by atoms with E-state index < -0.39 is 5.97 Å². The molecular weight excluding hydrogens is 260 g/mol. The van der Waals surface area contributed by atoms with Gasteiger partial charge in [0, 0.05) is 25.7 Å². The highest BCUT2D eigenvalue weighted by Gasteiger charge is 2.25. The largest absolute Gasteiger partial charge is 0.477 e. The molecule has 2 amide bonds. The normalized spacial score (nSPS) is 19.7. The van der Waals surface area contributed by atoms with Crippen molar-refractivity contribution in [3.63, 3.8) is 0 Å². The van der Waals surface area contributed by atoms with Gasteiger partial charge >= 0.3 is 12.0 Å². The number of hydrogen-bond acceptors (Lipinski definition) is 4. The van der Waals surface area contributed by atoms with Crippen LogP contribution < -0.4 is 5.32 Å². The van der Waals surface area contributed by atoms with Crippen molar-refractivity contribution < 1.29 is 14.7 Å². The van der Waals surface area contributed by atoms with Gasteiger partial charge in [-0.1, -0.05) is 0 Å². The first-order valence-corrected chi connectivity index (χ1v) is 6.43. The van der Waals surface area contributed by atoms with Crippen molar-refractivity contribution in [2.45, 2.75) is 13.0 Å². The number of amides is 2. The van der Waals surface area contributed by atoms with Gasteiger partial charge in [-0.25, -0.2) is 14.6 Å². The Morgan fingerprint density at radius 3 is 2.70 bits per heavy atom. The molecule has 1 aromatic rings. The number of nitrogens with zero attached hydrogens (tertiary/aromatic N) is 3. The molecule has 1 aliphatic heterocycles. The smallest absolute Gasteiger partial charge is 0.354 e. The molecule has 1 unspecified atom stereocenters. The monoisotopic (exact) mass is 278 g/mol. The maximum atomic E-state index is 12.2. The molecule has 1 saturated heterocycles. The minimum absolute atomic E-state index is 0.0454. The lowest BCUT2D eigenvalue weighted by molar-refractivity contribution is 0.0690. The number of piperazine rings is 1. The summed E-state index contributed by atoms with van der Waals surface area (Å²) in [7, 11) is 2.03. The Labute approximate surface area is 117 Å². The molecule has 108 valence electrons. The van der Waals surface area contributed by atoms with Crippen LogP contribution in [-0.2, 0) is 0 Å². The zero-order chi connectivity index (χ0) is 14.7. The van der Waals surface area contributed by atoms with Gasteiger partial charge in [0.1, 0.15) is 5.69 Å². The number of carboxylic acids is 1. The first kappa shape index (κ1) is 14.3. The quantitative estimate of drug-likeness (QED) is 0.841. The van der Waals surface area contributed by atoms with Crippen LogP contribution in [0.3, 0.4) is 0 Å². The zero-order valence-corrected chi connectivity index (χ0v) is 11.5. The summed E-state index contributed by atoms with van der Waals surface area (Å²) in [5, 5.41) is 11.5. The Bertz CT molecular complexity index is 503. The molecule has 1 fully saturated rings. The molecule has 1 atom stereocenters. The Morgan fingerprint density at radius 2 is 2.15 bits per heavy atom. The van der Waals surface area contributed by atoms with Gasteiger partial charge in [-0.05, 0) is 26.1 Å². The van der Waals surface area contributed by atoms with Crippen LogP contribution in [0.25, 0.3) is 0 Å². The number of aromatic nitrogens is 1. The van der Waals surface area contributed by atoms with E-state index in [1.165, 1.54) is 18.3 Å². The third-order valence-corrected chi connectivity index (χ3v) is 3.33. The van der Waals surface area contributed by atoms with Gasteiger partial charge in [-0.3, -0.25) is 0 Å². The number of urea groups is 1. The van der Waals surface area contributed by atoms with E-state index >= 15 is 0 Å². The fraction of sp³-hybridized carbons (Fsp3) is 0.462. The number of hydrogen-bond donors (Lipinski definition) is 2. The molecule has 1 aromatic heterocycles. The lowest BCUT2D eigenvalue weighted by atomic mass is 10.2. The van der Waals surface area contributed by atoms with Crippen molar-refractivity contribution in [1.29, 1.82) is 0 Å². The first-order valence-electron chi connectivity index (χ1n) is 6.43. The van der Waals surface area contributed by atoms with Crippen LogP contribution in [0.4, 0.5) is 10.5 Å². The van der Waals surface area contributed by atoms with Crippen molar-refractivity contribution in [3.05, 3.63) is 24.0 Å². The second kappa shape index (κ2) is 5.87. The molecule has 0 aromatic carbocycles. The van der Waals surface area contributed by atoms with Gasteiger partial charge in [0.15, 0.2) is 0 Å². The van der Waals surface area contributed by atoms with Crippen molar-refractivity contribution in [2.24, 2.45) is 0 Å². The van der Waals surface area contributed by atoms with Crippen LogP contribution in [0.2, 0.25) is 0 Å². The Hall–Kier alpha value is -2.15. The van der Waals surface area contributed by atoms with Gasteiger partial charge in [0.05, 0.1) is 11.9 Å². The van der Waals surface area contributed by atoms with E-state index in [1.54, 1.807) is 4.90 Å². The molecular formula is C13H18N4O3. The molecule has 0 radical (unpaired) electrons. The van der Waals surface area contributed by atoms with E-state index in [9.17, 15) is 9.59 Å². The van der Waals surface area contributed by atoms with Gasteiger partial charge in [0.2, 0.25) is 0 Å². The summed E-state index contributed by atoms with van der Waals surface area (Å²) in [6.45, 7) is 4.35. The first-order chi connectivity index (χ1) is 9.47. The van der Waals surface area contributed by atoms with Crippen LogP contribution >= 0.6 is 0 Å². The molecule has 7 nitrogen and oxygen atoms in total. The number of carbonyl (C=O) groups excluding carboxylic acids is 1. The molecule has 0 bridgehead atoms. The standard InChI is InChI=1S/C13H18N4O3/c1-9-8-16(2)5-6-17(9)13(20)15-10-3-4-11(12(18)19)14-7-10/h3-4,7,9H,5-6,8H2,1-2H3,(H,15,20)(H,18,19). The van der Waals surface area contributed by atoms with Gasteiger partial charge in [-0.15, -0.1) is 0 Å². The van der Waals surface area contributed by atoms with Crippen LogP contribution in [0, 0.1) is 0 Å². The fourth-order valence-corrected chi connectivity index (χ4v) is 2.23. The number of carbonyl (C=O) groups is 2. The minimum Gasteiger partial charge on any atom is -0.477 e. The highest BCUT2D eigenvalue weighted by Crippen LogP contribution is 2.12. The van der Waals surface area contributed by atoms with Crippen molar-refractivity contribution in [3.8, 4) is 0 Å². The number of aromatic carboxylic acids is 1. The number of pyridine rings is 1. The van der Waals surface area contributed by atoms with E-state index in [2.05, 4.69) is 15.2 Å². The predicted octanol–water partition coefficient (Wildman–Crippen LogP) is 0.948. The molecule has 7 heteroatoms. The third-order valence-electron chi connectivity index (χ3n) is 3.33. The van der Waals surface area contributed by atoms with Gasteiger partial charge in [0.25, 0.3) is 0 Å². The SMILES string of the molecule is CC1CN(C)CCN1C(=O)Nc1ccc(C(=O)O)nc1. The third kappa shape index (κ3) is 3.24. The lowest BCUT2D eigenvalue weighted by Crippen LogP contribution is -2.53. The van der Waals surface area contributed by atoms with Crippen molar-refractivity contribution >= 4 is 17.7 Å². The maximum Gasteiger partial charge on any atom is 0.354 e. The summed E-state index contributed by atoms with van der Waals surface area (Å²) in [6.07, 6.45) is 1.35. The molecule has 2 N–H and O–H groups in total. The molecule has 0 spiro atoms. The fourth-order valence-electron chi connectivity index (χ4n) is 2.23. The average molecular weight is 278 g/mol. The molecule has 0 aliphatic carbocycles. The van der Waals surface area contributed by atoms with Crippen LogP contribution in [0.1, 0.15) is 17.4 Å². The summed E-state index contributed by atoms with van der Waals surface area (Å²) >= 11 is 0. The Morgan fingerprint density at radius 1 is 1.40 bits per heavy atom.